The van der Waals surface area contributed by atoms with E-state index in [4.69, 9.17) is 24.3 Å². The lowest BCUT2D eigenvalue weighted by Crippen LogP contribution is -2.33. The number of nitriles is 2. The number of unbranched alkanes of at least 4 members (excludes halogenated alkanes) is 2. The average molecular weight is 442 g/mol. The second-order valence-electron chi connectivity index (χ2n) is 7.36. The molecule has 0 aliphatic rings. The van der Waals surface area contributed by atoms with Gasteiger partial charge in [0.15, 0.2) is 0 Å². The van der Waals surface area contributed by atoms with Gasteiger partial charge in [-0.15, -0.1) is 0 Å². The summed E-state index contributed by atoms with van der Waals surface area (Å²) in [6.45, 7) is 9.35. The van der Waals surface area contributed by atoms with Crippen molar-refractivity contribution >= 4 is 20.3 Å². The molecule has 170 valence electrons. The Morgan fingerprint density at radius 2 is 1.43 bits per heavy atom. The number of esters is 1. The Morgan fingerprint density at radius 3 is 2.03 bits per heavy atom. The van der Waals surface area contributed by atoms with Crippen molar-refractivity contribution in [2.75, 3.05) is 19.8 Å². The van der Waals surface area contributed by atoms with Crippen LogP contribution in [0.15, 0.2) is 0 Å². The number of ketones is 1. The molecule has 0 aromatic carbocycles. The van der Waals surface area contributed by atoms with E-state index in [0.717, 1.165) is 19.3 Å². The molecule has 0 saturated heterocycles. The Hall–Kier alpha value is -1.57. The van der Waals surface area contributed by atoms with Crippen LogP contribution in [0.5, 0.6) is 0 Å². The zero-order valence-electron chi connectivity index (χ0n) is 18.8. The number of ether oxygens (including phenoxy) is 1. The predicted octanol–water partition coefficient (Wildman–Crippen LogP) is 4.65. The maximum Gasteiger partial charge on any atom is 0.306 e. The van der Waals surface area contributed by atoms with E-state index >= 15 is 0 Å². The lowest BCUT2D eigenvalue weighted by molar-refractivity contribution is -0.144. The van der Waals surface area contributed by atoms with E-state index in [1.807, 2.05) is 6.07 Å². The van der Waals surface area contributed by atoms with Gasteiger partial charge in [0.25, 0.3) is 8.53 Å². The van der Waals surface area contributed by atoms with Crippen molar-refractivity contribution in [2.24, 2.45) is 0 Å². The Bertz CT molecular complexity index is 564. The van der Waals surface area contributed by atoms with E-state index in [0.29, 0.717) is 26.1 Å². The third-order valence-electron chi connectivity index (χ3n) is 4.05. The smallest absolute Gasteiger partial charge is 0.306 e. The van der Waals surface area contributed by atoms with Gasteiger partial charge in [0.2, 0.25) is 0 Å². The van der Waals surface area contributed by atoms with Crippen molar-refractivity contribution < 1.29 is 23.4 Å². The van der Waals surface area contributed by atoms with Gasteiger partial charge in [-0.3, -0.25) is 9.59 Å². The highest BCUT2D eigenvalue weighted by molar-refractivity contribution is 7.44. The van der Waals surface area contributed by atoms with Crippen LogP contribution >= 0.6 is 8.53 Å². The second kappa shape index (κ2) is 18.2. The van der Waals surface area contributed by atoms with Gasteiger partial charge in [0.05, 0.1) is 44.6 Å². The third-order valence-corrected chi connectivity index (χ3v) is 6.16. The molecule has 0 fully saturated rings. The molecule has 0 rings (SSSR count). The number of hydrogen-bond acceptors (Lipinski definition) is 8. The fourth-order valence-corrected chi connectivity index (χ4v) is 4.33. The van der Waals surface area contributed by atoms with Crippen LogP contribution in [0.1, 0.15) is 79.1 Å². The molecule has 0 spiro atoms. The maximum atomic E-state index is 11.9. The maximum absolute atomic E-state index is 11.9. The highest BCUT2D eigenvalue weighted by atomic mass is 31.2. The summed E-state index contributed by atoms with van der Waals surface area (Å²) in [5.74, 6) is -0.391. The molecule has 30 heavy (non-hydrogen) atoms. The normalized spacial score (nSPS) is 12.0. The molecule has 0 aliphatic carbocycles. The molecular weight excluding hydrogens is 405 g/mol. The Morgan fingerprint density at radius 1 is 0.833 bits per heavy atom. The standard InChI is InChI=1S/C21H36N3O5P/c1-18(2)24(19(3)4)30(29-17-9-14-23)28-16-7-5-6-10-20(25)11-12-21(26)27-15-8-13-22/h18-19H,5-12,15-17H2,1-4H3. The summed E-state index contributed by atoms with van der Waals surface area (Å²) in [6, 6.07) is 4.51. The lowest BCUT2D eigenvalue weighted by atomic mass is 10.1. The van der Waals surface area contributed by atoms with E-state index in [9.17, 15) is 9.59 Å². The summed E-state index contributed by atoms with van der Waals surface area (Å²) < 4.78 is 18.9. The molecule has 1 atom stereocenters. The minimum atomic E-state index is -1.22. The van der Waals surface area contributed by atoms with Crippen LogP contribution in [0, 0.1) is 22.7 Å². The molecule has 0 heterocycles. The first-order valence-electron chi connectivity index (χ1n) is 10.6. The highest BCUT2D eigenvalue weighted by Crippen LogP contribution is 2.46. The first kappa shape index (κ1) is 28.4. The van der Waals surface area contributed by atoms with Crippen molar-refractivity contribution in [1.29, 1.82) is 10.5 Å². The van der Waals surface area contributed by atoms with E-state index in [2.05, 4.69) is 38.4 Å². The van der Waals surface area contributed by atoms with Crippen molar-refractivity contribution in [3.05, 3.63) is 0 Å². The number of carbonyl (C=O) groups is 2. The average Bonchev–Trinajstić information content (AvgIpc) is 2.68. The number of carbonyl (C=O) groups excluding carboxylic acids is 2. The topological polar surface area (TPSA) is 113 Å². The molecule has 0 saturated carbocycles. The van der Waals surface area contributed by atoms with Gasteiger partial charge in [0, 0.05) is 24.9 Å². The van der Waals surface area contributed by atoms with Crippen molar-refractivity contribution in [3.63, 3.8) is 0 Å². The monoisotopic (exact) mass is 441 g/mol. The van der Waals surface area contributed by atoms with Gasteiger partial charge in [-0.2, -0.15) is 10.5 Å². The Labute approximate surface area is 182 Å². The van der Waals surface area contributed by atoms with E-state index < -0.39 is 14.5 Å². The Balaban J connectivity index is 4.10. The van der Waals surface area contributed by atoms with Gasteiger partial charge in [-0.25, -0.2) is 4.67 Å². The van der Waals surface area contributed by atoms with Crippen molar-refractivity contribution in [3.8, 4) is 12.1 Å². The summed E-state index contributed by atoms with van der Waals surface area (Å²) in [7, 11) is -1.22. The van der Waals surface area contributed by atoms with Crippen LogP contribution in [0.4, 0.5) is 0 Å². The molecule has 0 aromatic heterocycles. The van der Waals surface area contributed by atoms with Gasteiger partial charge < -0.3 is 13.8 Å². The van der Waals surface area contributed by atoms with Gasteiger partial charge in [0.1, 0.15) is 12.4 Å². The molecule has 1 unspecified atom stereocenters. The molecule has 0 amide bonds. The van der Waals surface area contributed by atoms with Crippen LogP contribution in [0.3, 0.4) is 0 Å². The number of Topliss-reactive ketones (excluding diaryl/α,β-unsaturated/α-hetero) is 1. The van der Waals surface area contributed by atoms with Gasteiger partial charge in [-0.1, -0.05) is 6.42 Å². The summed E-state index contributed by atoms with van der Waals surface area (Å²) >= 11 is 0. The molecule has 0 aromatic rings. The fourth-order valence-electron chi connectivity index (χ4n) is 2.71. The first-order chi connectivity index (χ1) is 14.3. The number of hydrogen-bond donors (Lipinski definition) is 0. The predicted molar refractivity (Wildman–Crippen MR) is 115 cm³/mol. The largest absolute Gasteiger partial charge is 0.465 e. The van der Waals surface area contributed by atoms with Crippen molar-refractivity contribution in [2.45, 2.75) is 91.1 Å². The SMILES string of the molecule is CC(C)N(C(C)C)P(OCCC#N)OCCCCCC(=O)CCC(=O)OCCC#N. The van der Waals surface area contributed by atoms with E-state index in [1.165, 1.54) is 0 Å². The molecule has 0 radical (unpaired) electrons. The van der Waals surface area contributed by atoms with Crippen LogP contribution in [0.25, 0.3) is 0 Å². The summed E-state index contributed by atoms with van der Waals surface area (Å²) in [5, 5.41) is 17.1. The van der Waals surface area contributed by atoms with Crippen LogP contribution in [-0.4, -0.2) is 48.3 Å². The second-order valence-corrected chi connectivity index (χ2v) is 8.81. The first-order valence-corrected chi connectivity index (χ1v) is 11.7. The molecule has 0 aliphatic heterocycles. The zero-order chi connectivity index (χ0) is 22.8. The van der Waals surface area contributed by atoms with Crippen LogP contribution < -0.4 is 0 Å². The summed E-state index contributed by atoms with van der Waals surface area (Å²) in [6.07, 6.45) is 3.59. The van der Waals surface area contributed by atoms with Crippen LogP contribution in [-0.2, 0) is 23.4 Å². The van der Waals surface area contributed by atoms with E-state index in [-0.39, 0.29) is 43.7 Å². The number of rotatable bonds is 18. The van der Waals surface area contributed by atoms with Crippen molar-refractivity contribution in [1.82, 2.24) is 4.67 Å². The fraction of sp³-hybridized carbons (Fsp3) is 0.810. The minimum Gasteiger partial charge on any atom is -0.465 e. The van der Waals surface area contributed by atoms with E-state index in [1.54, 1.807) is 0 Å². The molecule has 0 N–H and O–H groups in total. The quantitative estimate of drug-likeness (QED) is 0.172. The zero-order valence-corrected chi connectivity index (χ0v) is 19.7. The molecule has 0 bridgehead atoms. The molecule has 8 nitrogen and oxygen atoms in total. The molecule has 9 heteroatoms. The lowest BCUT2D eigenvalue weighted by Gasteiger charge is -2.35. The van der Waals surface area contributed by atoms with Gasteiger partial charge in [-0.05, 0) is 40.5 Å². The highest BCUT2D eigenvalue weighted by Gasteiger charge is 2.26. The third kappa shape index (κ3) is 14.4. The Kier molecular flexibility index (Phi) is 17.3. The minimum absolute atomic E-state index is 0.0426. The number of nitrogens with zero attached hydrogens (tertiary/aromatic N) is 3. The summed E-state index contributed by atoms with van der Waals surface area (Å²) in [4.78, 5) is 23.3. The molecular formula is C21H36N3O5P. The van der Waals surface area contributed by atoms with Crippen LogP contribution in [0.2, 0.25) is 0 Å². The summed E-state index contributed by atoms with van der Waals surface area (Å²) in [5.41, 5.74) is 0. The van der Waals surface area contributed by atoms with Gasteiger partial charge >= 0.3 is 5.97 Å².